The average Bonchev–Trinajstić information content (AvgIpc) is 3.98. The number of para-hydroxylation sites is 2. The van der Waals surface area contributed by atoms with Gasteiger partial charge in [0.15, 0.2) is 17.5 Å². The van der Waals surface area contributed by atoms with Crippen LogP contribution in [0.5, 0.6) is 0 Å². The molecule has 68 heavy (non-hydrogen) atoms. The topological polar surface area (TPSA) is 51.8 Å². The number of fused-ring (bicyclic) bond motifs is 7. The molecular formula is C61H35Br2N3OS. The average molecular weight is 1020 g/mol. The van der Waals surface area contributed by atoms with Gasteiger partial charge in [0.2, 0.25) is 0 Å². The lowest BCUT2D eigenvalue weighted by atomic mass is 9.92. The van der Waals surface area contributed by atoms with Gasteiger partial charge in [-0.15, -0.1) is 11.3 Å². The number of rotatable bonds is 7. The molecule has 0 amide bonds. The molecule has 7 heteroatoms. The van der Waals surface area contributed by atoms with E-state index in [-0.39, 0.29) is 0 Å². The van der Waals surface area contributed by atoms with Gasteiger partial charge in [-0.2, -0.15) is 0 Å². The highest BCUT2D eigenvalue weighted by atomic mass is 79.9. The van der Waals surface area contributed by atoms with Gasteiger partial charge in [0.25, 0.3) is 0 Å². The molecule has 0 aliphatic heterocycles. The normalized spacial score (nSPS) is 11.7. The van der Waals surface area contributed by atoms with Gasteiger partial charge in [-0.1, -0.05) is 202 Å². The van der Waals surface area contributed by atoms with Crippen molar-refractivity contribution in [2.24, 2.45) is 0 Å². The number of nitrogens with zero attached hydrogens (tertiary/aromatic N) is 3. The summed E-state index contributed by atoms with van der Waals surface area (Å²) >= 11 is 9.25. The minimum absolute atomic E-state index is 0.599. The molecule has 0 atom stereocenters. The molecule has 0 spiro atoms. The van der Waals surface area contributed by atoms with E-state index in [0.717, 1.165) is 81.0 Å². The summed E-state index contributed by atoms with van der Waals surface area (Å²) in [6, 6.07) is 74.8. The van der Waals surface area contributed by atoms with Gasteiger partial charge < -0.3 is 4.42 Å². The van der Waals surface area contributed by atoms with E-state index in [0.29, 0.717) is 17.5 Å². The second-order valence-electron chi connectivity index (χ2n) is 16.9. The Labute approximate surface area is 412 Å². The fourth-order valence-electron chi connectivity index (χ4n) is 9.59. The van der Waals surface area contributed by atoms with Crippen LogP contribution < -0.4 is 0 Å². The summed E-state index contributed by atoms with van der Waals surface area (Å²) < 4.78 is 11.5. The first-order valence-corrected chi connectivity index (χ1v) is 24.8. The Morgan fingerprint density at radius 1 is 0.324 bits per heavy atom. The second-order valence-corrected chi connectivity index (χ2v) is 19.8. The Hall–Kier alpha value is -7.55. The van der Waals surface area contributed by atoms with E-state index in [9.17, 15) is 0 Å². The zero-order valence-electron chi connectivity index (χ0n) is 36.1. The molecule has 0 fully saturated rings. The largest absolute Gasteiger partial charge is 0.455 e. The zero-order valence-corrected chi connectivity index (χ0v) is 40.1. The van der Waals surface area contributed by atoms with Gasteiger partial charge in [0, 0.05) is 73.3 Å². The summed E-state index contributed by atoms with van der Waals surface area (Å²) in [5, 5.41) is 7.08. The maximum Gasteiger partial charge on any atom is 0.164 e. The van der Waals surface area contributed by atoms with E-state index in [1.807, 2.05) is 41.7 Å². The Balaban J connectivity index is 0.916. The molecule has 0 N–H and O–H groups in total. The maximum atomic E-state index is 6.78. The summed E-state index contributed by atoms with van der Waals surface area (Å²) in [4.78, 5) is 15.4. The molecular weight excluding hydrogens is 983 g/mol. The number of furan rings is 1. The summed E-state index contributed by atoms with van der Waals surface area (Å²) in [6.45, 7) is 0. The van der Waals surface area contributed by atoms with Crippen LogP contribution in [0.3, 0.4) is 0 Å². The molecule has 0 bridgehead atoms. The van der Waals surface area contributed by atoms with E-state index >= 15 is 0 Å². The van der Waals surface area contributed by atoms with Crippen LogP contribution in [0.2, 0.25) is 0 Å². The summed E-state index contributed by atoms with van der Waals surface area (Å²) in [7, 11) is 0. The van der Waals surface area contributed by atoms with Crippen molar-refractivity contribution >= 4 is 96.1 Å². The lowest BCUT2D eigenvalue weighted by Gasteiger charge is -2.13. The van der Waals surface area contributed by atoms with Gasteiger partial charge in [0.05, 0.1) is 0 Å². The van der Waals surface area contributed by atoms with Gasteiger partial charge in [0.1, 0.15) is 11.2 Å². The first kappa shape index (κ1) is 40.7. The molecule has 0 saturated heterocycles. The van der Waals surface area contributed by atoms with E-state index in [1.165, 1.54) is 42.1 Å². The Bertz CT molecular complexity index is 4110. The highest BCUT2D eigenvalue weighted by Crippen LogP contribution is 2.46. The summed E-state index contributed by atoms with van der Waals surface area (Å²) in [6.07, 6.45) is 0. The van der Waals surface area contributed by atoms with Crippen LogP contribution >= 0.6 is 43.2 Å². The minimum Gasteiger partial charge on any atom is -0.455 e. The van der Waals surface area contributed by atoms with Gasteiger partial charge in [-0.25, -0.2) is 15.0 Å². The highest BCUT2D eigenvalue weighted by Gasteiger charge is 2.19. The molecule has 4 nitrogen and oxygen atoms in total. The van der Waals surface area contributed by atoms with Crippen LogP contribution in [0.4, 0.5) is 0 Å². The Morgan fingerprint density at radius 3 is 1.56 bits per heavy atom. The summed E-state index contributed by atoms with van der Waals surface area (Å²) in [5.41, 5.74) is 13.3. The van der Waals surface area contributed by atoms with Crippen LogP contribution in [0.15, 0.2) is 226 Å². The second kappa shape index (κ2) is 16.6. The minimum atomic E-state index is 0.599. The van der Waals surface area contributed by atoms with Crippen molar-refractivity contribution < 1.29 is 4.42 Å². The number of hydrogen-bond donors (Lipinski definition) is 0. The molecule has 0 unspecified atom stereocenters. The van der Waals surface area contributed by atoms with Crippen LogP contribution in [-0.2, 0) is 0 Å². The lowest BCUT2D eigenvalue weighted by molar-refractivity contribution is 0.671. The molecule has 3 aromatic heterocycles. The third kappa shape index (κ3) is 7.05. The van der Waals surface area contributed by atoms with E-state index < -0.39 is 0 Å². The van der Waals surface area contributed by atoms with Gasteiger partial charge in [-0.05, 0) is 81.1 Å². The van der Waals surface area contributed by atoms with E-state index in [1.54, 1.807) is 0 Å². The highest BCUT2D eigenvalue weighted by molar-refractivity contribution is 9.11. The number of thiophene rings is 1. The monoisotopic (exact) mass is 1020 g/mol. The molecule has 0 radical (unpaired) electrons. The van der Waals surface area contributed by atoms with Gasteiger partial charge >= 0.3 is 0 Å². The quantitative estimate of drug-likeness (QED) is 0.160. The first-order valence-electron chi connectivity index (χ1n) is 22.4. The fourth-order valence-corrected chi connectivity index (χ4v) is 11.6. The van der Waals surface area contributed by atoms with E-state index in [2.05, 4.69) is 214 Å². The summed E-state index contributed by atoms with van der Waals surface area (Å²) in [5.74, 6) is 1.82. The van der Waals surface area contributed by atoms with Crippen LogP contribution in [-0.4, -0.2) is 15.0 Å². The molecule has 3 heterocycles. The van der Waals surface area contributed by atoms with Gasteiger partial charge in [-0.3, -0.25) is 0 Å². The van der Waals surface area contributed by atoms with Crippen molar-refractivity contribution in [3.8, 4) is 78.7 Å². The third-order valence-corrected chi connectivity index (χ3v) is 15.3. The van der Waals surface area contributed by atoms with Crippen molar-refractivity contribution in [2.45, 2.75) is 0 Å². The smallest absolute Gasteiger partial charge is 0.164 e. The molecule has 0 aliphatic rings. The Morgan fingerprint density at radius 2 is 0.838 bits per heavy atom. The molecule has 10 aromatic carbocycles. The van der Waals surface area contributed by atoms with Crippen LogP contribution in [0.1, 0.15) is 0 Å². The van der Waals surface area contributed by atoms with E-state index in [4.69, 9.17) is 19.4 Å². The maximum absolute atomic E-state index is 6.78. The predicted octanol–water partition coefficient (Wildman–Crippen LogP) is 18.5. The zero-order chi connectivity index (χ0) is 45.3. The molecule has 13 rings (SSSR count). The molecule has 13 aromatic rings. The van der Waals surface area contributed by atoms with Crippen molar-refractivity contribution in [2.75, 3.05) is 0 Å². The predicted molar refractivity (Wildman–Crippen MR) is 291 cm³/mol. The Kier molecular flexibility index (Phi) is 9.97. The standard InChI is InChI=1S/C61H35Br2N3OS/c62-43-31-29-37(30-32-43)45-17-8-22-51-50-21-7-16-44(56(50)67-57(45)51)36-25-27-39(28-26-36)60-64-59(38-11-2-1-3-12-38)65-61(66-60)41-14-6-13-40(33-41)42-34-52(47-18-9-20-48-46(47)19-10-23-54(48)63)58-53(35-42)49-15-4-5-24-55(49)68-58/h1-35H. The molecule has 0 aliphatic carbocycles. The van der Waals surface area contributed by atoms with Crippen molar-refractivity contribution in [3.63, 3.8) is 0 Å². The third-order valence-electron chi connectivity index (χ3n) is 12.9. The lowest BCUT2D eigenvalue weighted by Crippen LogP contribution is -2.00. The van der Waals surface area contributed by atoms with Crippen LogP contribution in [0.25, 0.3) is 132 Å². The fraction of sp³-hybridized carbons (Fsp3) is 0. The molecule has 320 valence electrons. The molecule has 0 saturated carbocycles. The SMILES string of the molecule is Brc1ccc(-c2cccc3c2oc2c(-c4ccc(-c5nc(-c6ccccc6)nc(-c6cccc(-c7cc(-c8cccc9c(Br)cccc89)c8sc9ccccc9c8c7)c6)n5)cc4)cccc23)cc1. The van der Waals surface area contributed by atoms with Crippen LogP contribution in [0, 0.1) is 0 Å². The number of halogens is 2. The van der Waals surface area contributed by atoms with Crippen molar-refractivity contribution in [1.82, 2.24) is 15.0 Å². The number of hydrogen-bond acceptors (Lipinski definition) is 5. The number of benzene rings is 10. The number of aromatic nitrogens is 3. The first-order chi connectivity index (χ1) is 33.5. The van der Waals surface area contributed by atoms with Crippen molar-refractivity contribution in [3.05, 3.63) is 221 Å². The van der Waals surface area contributed by atoms with Crippen molar-refractivity contribution in [1.29, 1.82) is 0 Å².